The van der Waals surface area contributed by atoms with Gasteiger partial charge in [-0.1, -0.05) is 120 Å². The number of nitrogens with zero attached hydrogens (tertiary/aromatic N) is 3. The third kappa shape index (κ3) is 33.3. The van der Waals surface area contributed by atoms with Crippen LogP contribution in [0.25, 0.3) is 0 Å². The van der Waals surface area contributed by atoms with Crippen LogP contribution in [0.5, 0.6) is 11.5 Å². The summed E-state index contributed by atoms with van der Waals surface area (Å²) in [7, 11) is 6.10. The molecule has 123 heavy (non-hydrogen) atoms. The van der Waals surface area contributed by atoms with E-state index in [9.17, 15) is 82.4 Å². The molecule has 2 aromatic rings. The summed E-state index contributed by atoms with van der Waals surface area (Å²) >= 11 is 0. The van der Waals surface area contributed by atoms with Gasteiger partial charge in [0, 0.05) is 26.6 Å². The fraction of sp³-hybridized carbons (Fsp3) is 0.705. The number of amides is 11. The van der Waals surface area contributed by atoms with Crippen molar-refractivity contribution < 1.29 is 111 Å². The SMILES string of the molecule is CC[C@H](C)[C@@H](NC(=O)[C@@H](NC(=O)OC(C)(C)C)[C@@H](C)OC(=O)[C@H](Cc1ccc(OC)cc1)NC)[C@@H](O)CC(=O)N[C@H](C(=O)N[C@@H](CC(C)C)C(=O)N1CCCC1C(=O)O)C(C)C.CC[C@H](C)[C@H]1NC(=O)[C@@H](NC(=O)OC(C)(C)C)[C@@H](C)OC(=O)[C@H](Cc2ccc(OC)cc2)N(C)C(=O)[C@@H]2CCCN2C(=O)[C@H](CC(C)C)NC(=O)[C@H](C(C)C)NC(=O)C[C@@H]1O. The number of carbonyl (C=O) groups excluding carboxylic acids is 13. The lowest BCUT2D eigenvalue weighted by molar-refractivity contribution is -0.162. The lowest BCUT2D eigenvalue weighted by Gasteiger charge is -2.35. The molecule has 3 aliphatic rings. The van der Waals surface area contributed by atoms with E-state index in [1.807, 2.05) is 41.5 Å². The largest absolute Gasteiger partial charge is 0.497 e. The first-order valence-electron chi connectivity index (χ1n) is 43.0. The Hall–Kier alpha value is -9.90. The maximum Gasteiger partial charge on any atom is 0.408 e. The van der Waals surface area contributed by atoms with Crippen LogP contribution in [0.1, 0.15) is 214 Å². The van der Waals surface area contributed by atoms with Gasteiger partial charge in [-0.25, -0.2) is 19.2 Å². The molecule has 35 nitrogen and oxygen atoms in total. The number of hydrogen-bond acceptors (Lipinski definition) is 23. The maximum absolute atomic E-state index is 14.5. The van der Waals surface area contributed by atoms with Crippen molar-refractivity contribution in [2.24, 2.45) is 35.5 Å². The number of aliphatic hydroxyl groups is 2. The first-order valence-corrected chi connectivity index (χ1v) is 43.0. The van der Waals surface area contributed by atoms with Crippen LogP contribution in [-0.2, 0) is 89.3 Å². The zero-order valence-electron chi connectivity index (χ0n) is 76.6. The molecule has 3 saturated heterocycles. The van der Waals surface area contributed by atoms with Crippen LogP contribution in [0, 0.1) is 35.5 Å². The van der Waals surface area contributed by atoms with Crippen LogP contribution < -0.4 is 57.3 Å². The van der Waals surface area contributed by atoms with E-state index in [1.54, 1.807) is 146 Å². The number of benzene rings is 2. The Balaban J connectivity index is 0.000000516. The Labute approximate surface area is 725 Å². The number of nitrogens with one attached hydrogen (secondary N) is 9. The Kier molecular flexibility index (Phi) is 42.0. The standard InChI is InChI=1S/C44H72N6O12.C44H70N6O11/c1-13-26(6)36(33(51)23-34(52)47-35(25(4)5)38(53)46-30(21-24(2)3)40(55)50-20-14-15-32(50)41(56)57)48-39(54)37(49-43(59)62-44(8,9)10)27(7)61-42(58)31(45-11)22-28-16-18-29(60-12)19-17-28;1-13-26(6)36-33(51)23-34(52)46-35(25(4)5)38(53)45-30(21-24(2)3)40(55)50-20-14-15-31(50)41(56)49(11)32(22-28-16-18-29(59-12)19-17-28)42(57)60-27(7)37(39(54)47-36)48-43(58)61-44(8,9)10/h16-19,24-27,30-33,35-37,45,51H,13-15,20-23H2,1-12H3,(H,46,53)(H,47,52)(H,48,54)(H,49,59)(H,56,57);16-19,24-27,30-33,35-37,51H,13-15,20-23H2,1-12H3,(H,45,53)(H,46,52)(H,47,54)(H,48,58)/t26-,27+,30-,31-,32?,33-,35-,36+,37-;26-,27+,30-,31-,32-,33-,35-,36+,37-/m00/s1. The van der Waals surface area contributed by atoms with E-state index < -0.39 is 228 Å². The molecule has 11 amide bonds. The molecule has 1 unspecified atom stereocenters. The number of likely N-dealkylation sites (tertiary alicyclic amines) is 1. The predicted molar refractivity (Wildman–Crippen MR) is 458 cm³/mol. The van der Waals surface area contributed by atoms with E-state index in [-0.39, 0.29) is 50.6 Å². The molecule has 0 spiro atoms. The quantitative estimate of drug-likeness (QED) is 0.0316. The molecule has 0 saturated carbocycles. The number of esters is 2. The fourth-order valence-electron chi connectivity index (χ4n) is 14.7. The third-order valence-electron chi connectivity index (χ3n) is 21.9. The summed E-state index contributed by atoms with van der Waals surface area (Å²) in [5.74, 6) is -9.09. The highest BCUT2D eigenvalue weighted by Crippen LogP contribution is 2.28. The van der Waals surface area contributed by atoms with Gasteiger partial charge in [0.15, 0.2) is 0 Å². The summed E-state index contributed by atoms with van der Waals surface area (Å²) in [5, 5.41) is 57.2. The van der Waals surface area contributed by atoms with Crippen molar-refractivity contribution in [3.8, 4) is 11.5 Å². The zero-order chi connectivity index (χ0) is 93.0. The number of alkyl carbamates (subject to hydrolysis) is 2. The highest BCUT2D eigenvalue weighted by Gasteiger charge is 2.46. The topological polar surface area (TPSA) is 473 Å². The summed E-state index contributed by atoms with van der Waals surface area (Å²) in [6.07, 6.45) is -5.30. The molecule has 35 heteroatoms. The highest BCUT2D eigenvalue weighted by molar-refractivity contribution is 5.97. The Morgan fingerprint density at radius 3 is 1.76 bits per heavy atom. The third-order valence-corrected chi connectivity index (χ3v) is 21.9. The number of hydrogen-bond donors (Lipinski definition) is 12. The average molecular weight is 1740 g/mol. The van der Waals surface area contributed by atoms with Crippen molar-refractivity contribution >= 4 is 83.3 Å². The fourth-order valence-corrected chi connectivity index (χ4v) is 14.7. The molecule has 0 bridgehead atoms. The number of carboxylic acid groups (broad SMARTS) is 1. The minimum absolute atomic E-state index is 0.0270. The summed E-state index contributed by atoms with van der Waals surface area (Å²) in [4.78, 5) is 195. The normalized spacial score (nSPS) is 22.6. The monoisotopic (exact) mass is 1740 g/mol. The van der Waals surface area contributed by atoms with Gasteiger partial charge >= 0.3 is 30.1 Å². The van der Waals surface area contributed by atoms with Crippen LogP contribution in [-0.4, -0.2) is 263 Å². The molecular weight excluding hydrogens is 1590 g/mol. The maximum atomic E-state index is 14.5. The Morgan fingerprint density at radius 1 is 0.667 bits per heavy atom. The Morgan fingerprint density at radius 2 is 1.24 bits per heavy atom. The van der Waals surface area contributed by atoms with Crippen molar-refractivity contribution in [2.75, 3.05) is 41.4 Å². The van der Waals surface area contributed by atoms with Crippen LogP contribution >= 0.6 is 0 Å². The van der Waals surface area contributed by atoms with Crippen LogP contribution in [0.4, 0.5) is 9.59 Å². The van der Waals surface area contributed by atoms with Gasteiger partial charge in [0.1, 0.15) is 95.3 Å². The smallest absolute Gasteiger partial charge is 0.408 e. The summed E-state index contributed by atoms with van der Waals surface area (Å²) in [5.41, 5.74) is -0.439. The van der Waals surface area contributed by atoms with Crippen molar-refractivity contribution in [3.63, 3.8) is 0 Å². The predicted octanol–water partition coefficient (Wildman–Crippen LogP) is 5.53. The van der Waals surface area contributed by atoms with Gasteiger partial charge in [-0.3, -0.25) is 47.9 Å². The zero-order valence-corrected chi connectivity index (χ0v) is 76.6. The van der Waals surface area contributed by atoms with Crippen molar-refractivity contribution in [1.82, 2.24) is 62.6 Å². The second-order valence-corrected chi connectivity index (χ2v) is 36.0. The van der Waals surface area contributed by atoms with Gasteiger partial charge in [0.25, 0.3) is 0 Å². The van der Waals surface area contributed by atoms with Crippen LogP contribution in [0.15, 0.2) is 48.5 Å². The van der Waals surface area contributed by atoms with Crippen LogP contribution in [0.2, 0.25) is 0 Å². The lowest BCUT2D eigenvalue weighted by Crippen LogP contribution is -2.60. The van der Waals surface area contributed by atoms with Gasteiger partial charge in [0.2, 0.25) is 53.2 Å². The molecule has 0 aromatic heterocycles. The first kappa shape index (κ1) is 105. The minimum atomic E-state index is -1.57. The molecular formula is C88H142N12O23. The molecule has 5 rings (SSSR count). The van der Waals surface area contributed by atoms with Gasteiger partial charge in [-0.05, 0) is 178 Å². The van der Waals surface area contributed by atoms with E-state index in [0.29, 0.717) is 55.6 Å². The molecule has 692 valence electrons. The lowest BCUT2D eigenvalue weighted by atomic mass is 9.91. The molecule has 3 fully saturated rings. The number of rotatable bonds is 32. The van der Waals surface area contributed by atoms with E-state index in [4.69, 9.17) is 28.4 Å². The molecule has 18 atom stereocenters. The van der Waals surface area contributed by atoms with E-state index in [1.165, 1.54) is 42.7 Å². The van der Waals surface area contributed by atoms with Crippen molar-refractivity contribution in [1.29, 1.82) is 0 Å². The number of ether oxygens (including phenoxy) is 6. The summed E-state index contributed by atoms with van der Waals surface area (Å²) < 4.78 is 33.1. The number of aliphatic carboxylic acids is 1. The van der Waals surface area contributed by atoms with Gasteiger partial charge in [-0.15, -0.1) is 0 Å². The summed E-state index contributed by atoms with van der Waals surface area (Å²) in [6.45, 7) is 34.8. The number of likely N-dealkylation sites (N-methyl/N-ethyl adjacent to an activating group) is 2. The first-order chi connectivity index (χ1) is 57.4. The molecule has 0 radical (unpaired) electrons. The average Bonchev–Trinajstić information content (AvgIpc) is 1.73. The Bertz CT molecular complexity index is 3850. The number of aliphatic hydroxyl groups excluding tert-OH is 2. The molecule has 3 heterocycles. The number of carboxylic acids is 1. The summed E-state index contributed by atoms with van der Waals surface area (Å²) in [6, 6.07) is 0.507. The van der Waals surface area contributed by atoms with Crippen molar-refractivity contribution in [2.45, 2.75) is 324 Å². The van der Waals surface area contributed by atoms with E-state index in [0.717, 1.165) is 5.56 Å². The minimum Gasteiger partial charge on any atom is -0.497 e. The van der Waals surface area contributed by atoms with E-state index in [2.05, 4.69) is 47.9 Å². The van der Waals surface area contributed by atoms with Gasteiger partial charge < -0.3 is 106 Å². The van der Waals surface area contributed by atoms with Crippen LogP contribution in [0.3, 0.4) is 0 Å². The van der Waals surface area contributed by atoms with Crippen molar-refractivity contribution in [3.05, 3.63) is 59.7 Å². The second kappa shape index (κ2) is 49.0. The molecule has 12 N–H and O–H groups in total. The number of carbonyl (C=O) groups is 14. The van der Waals surface area contributed by atoms with Gasteiger partial charge in [-0.2, -0.15) is 0 Å². The highest BCUT2D eigenvalue weighted by atomic mass is 16.6. The number of fused-ring (bicyclic) bond motifs is 1. The van der Waals surface area contributed by atoms with Gasteiger partial charge in [0.05, 0.1) is 51.4 Å². The second-order valence-electron chi connectivity index (χ2n) is 36.0. The molecule has 0 aliphatic carbocycles. The molecule has 3 aliphatic heterocycles. The number of cyclic esters (lactones) is 1. The molecule has 2 aromatic carbocycles. The number of methoxy groups -OCH3 is 2. The van der Waals surface area contributed by atoms with E-state index >= 15 is 0 Å².